The fourth-order valence-electron chi connectivity index (χ4n) is 4.60. The average molecular weight is 389 g/mol. The number of aryl methyl sites for hydroxylation is 1. The van der Waals surface area contributed by atoms with Crippen LogP contribution in [0.1, 0.15) is 50.7 Å². The number of amides is 1. The standard InChI is InChI=1S/C22H32N2O4/c1-21(2,28)9-8-16-4-6-17(7-5-16)15-24-12-10-22(11-13-24)18(20(26)27)14-19(25)23(22)3/h4-7,18,28H,8-15H2,1-3H3,(H,26,27). The number of carboxylic acid groups (broad SMARTS) is 1. The third-order valence-electron chi connectivity index (χ3n) is 6.54. The highest BCUT2D eigenvalue weighted by Crippen LogP contribution is 2.43. The van der Waals surface area contributed by atoms with E-state index in [-0.39, 0.29) is 12.3 Å². The van der Waals surface area contributed by atoms with Crippen LogP contribution < -0.4 is 0 Å². The lowest BCUT2D eigenvalue weighted by molar-refractivity contribution is -0.146. The van der Waals surface area contributed by atoms with Crippen LogP contribution in [0.25, 0.3) is 0 Å². The van der Waals surface area contributed by atoms with Crippen molar-refractivity contribution in [1.29, 1.82) is 0 Å². The number of carboxylic acids is 1. The molecule has 2 heterocycles. The largest absolute Gasteiger partial charge is 0.481 e. The molecule has 2 aliphatic rings. The summed E-state index contributed by atoms with van der Waals surface area (Å²) in [7, 11) is 1.76. The smallest absolute Gasteiger partial charge is 0.309 e. The number of benzene rings is 1. The summed E-state index contributed by atoms with van der Waals surface area (Å²) in [4.78, 5) is 27.8. The van der Waals surface area contributed by atoms with Gasteiger partial charge in [0.05, 0.1) is 17.1 Å². The highest BCUT2D eigenvalue weighted by molar-refractivity contribution is 5.88. The molecule has 28 heavy (non-hydrogen) atoms. The minimum Gasteiger partial charge on any atom is -0.481 e. The molecule has 2 fully saturated rings. The Kier molecular flexibility index (Phi) is 5.82. The molecule has 1 spiro atoms. The molecule has 6 heteroatoms. The third kappa shape index (κ3) is 4.39. The maximum Gasteiger partial charge on any atom is 0.309 e. The summed E-state index contributed by atoms with van der Waals surface area (Å²) in [5, 5.41) is 19.4. The van der Waals surface area contributed by atoms with Gasteiger partial charge in [-0.1, -0.05) is 24.3 Å². The molecule has 3 rings (SSSR count). The number of carbonyl (C=O) groups excluding carboxylic acids is 1. The first-order valence-corrected chi connectivity index (χ1v) is 10.1. The molecule has 0 radical (unpaired) electrons. The van der Waals surface area contributed by atoms with Gasteiger partial charge in [0.15, 0.2) is 0 Å². The molecule has 2 aliphatic heterocycles. The van der Waals surface area contributed by atoms with Gasteiger partial charge in [-0.15, -0.1) is 0 Å². The number of nitrogens with zero attached hydrogens (tertiary/aromatic N) is 2. The first-order chi connectivity index (χ1) is 13.1. The van der Waals surface area contributed by atoms with Crippen molar-refractivity contribution < 1.29 is 19.8 Å². The van der Waals surface area contributed by atoms with Crippen molar-refractivity contribution in [3.05, 3.63) is 35.4 Å². The van der Waals surface area contributed by atoms with E-state index in [1.807, 2.05) is 13.8 Å². The molecule has 0 aliphatic carbocycles. The molecule has 154 valence electrons. The van der Waals surface area contributed by atoms with Crippen LogP contribution in [0.15, 0.2) is 24.3 Å². The molecule has 1 amide bonds. The van der Waals surface area contributed by atoms with Crippen molar-refractivity contribution >= 4 is 11.9 Å². The molecule has 0 saturated carbocycles. The monoisotopic (exact) mass is 388 g/mol. The van der Waals surface area contributed by atoms with Gasteiger partial charge in [-0.3, -0.25) is 14.5 Å². The van der Waals surface area contributed by atoms with E-state index in [9.17, 15) is 19.8 Å². The van der Waals surface area contributed by atoms with E-state index < -0.39 is 23.0 Å². The van der Waals surface area contributed by atoms with Crippen molar-refractivity contribution in [2.45, 2.75) is 63.6 Å². The zero-order valence-corrected chi connectivity index (χ0v) is 17.1. The maximum atomic E-state index is 12.1. The number of carbonyl (C=O) groups is 2. The van der Waals surface area contributed by atoms with Crippen LogP contribution in [0.5, 0.6) is 0 Å². The highest BCUT2D eigenvalue weighted by atomic mass is 16.4. The van der Waals surface area contributed by atoms with Crippen LogP contribution in [0.3, 0.4) is 0 Å². The number of aliphatic hydroxyl groups is 1. The van der Waals surface area contributed by atoms with Gasteiger partial charge in [0.2, 0.25) is 5.91 Å². The van der Waals surface area contributed by atoms with Crippen molar-refractivity contribution in [3.8, 4) is 0 Å². The first kappa shape index (κ1) is 20.8. The summed E-state index contributed by atoms with van der Waals surface area (Å²) in [6.07, 6.45) is 3.12. The zero-order valence-electron chi connectivity index (χ0n) is 17.1. The van der Waals surface area contributed by atoms with E-state index in [2.05, 4.69) is 29.2 Å². The highest BCUT2D eigenvalue weighted by Gasteiger charge is 2.55. The van der Waals surface area contributed by atoms with Gasteiger partial charge in [-0.25, -0.2) is 0 Å². The first-order valence-electron chi connectivity index (χ1n) is 10.1. The number of hydrogen-bond donors (Lipinski definition) is 2. The summed E-state index contributed by atoms with van der Waals surface area (Å²) in [6, 6.07) is 8.51. The van der Waals surface area contributed by atoms with Gasteiger partial charge >= 0.3 is 5.97 Å². The minimum absolute atomic E-state index is 0.0532. The minimum atomic E-state index is -0.854. The fraction of sp³-hybridized carbons (Fsp3) is 0.636. The molecule has 2 N–H and O–H groups in total. The third-order valence-corrected chi connectivity index (χ3v) is 6.54. The summed E-state index contributed by atoms with van der Waals surface area (Å²) in [5.41, 5.74) is 1.28. The number of aliphatic carboxylic acids is 1. The van der Waals surface area contributed by atoms with Crippen LogP contribution in [0, 0.1) is 5.92 Å². The van der Waals surface area contributed by atoms with Crippen LogP contribution in [0.2, 0.25) is 0 Å². The lowest BCUT2D eigenvalue weighted by Gasteiger charge is -2.45. The Morgan fingerprint density at radius 3 is 2.29 bits per heavy atom. The van der Waals surface area contributed by atoms with E-state index in [1.165, 1.54) is 11.1 Å². The Morgan fingerprint density at radius 2 is 1.75 bits per heavy atom. The quantitative estimate of drug-likeness (QED) is 0.781. The molecular formula is C22H32N2O4. The van der Waals surface area contributed by atoms with Crippen LogP contribution >= 0.6 is 0 Å². The predicted octanol–water partition coefficient (Wildman–Crippen LogP) is 2.29. The Balaban J connectivity index is 1.57. The molecule has 1 unspecified atom stereocenters. The van der Waals surface area contributed by atoms with Gasteiger partial charge in [0.1, 0.15) is 0 Å². The van der Waals surface area contributed by atoms with Gasteiger partial charge in [0, 0.05) is 33.1 Å². The number of likely N-dealkylation sites (tertiary alicyclic amines) is 2. The van der Waals surface area contributed by atoms with E-state index in [0.717, 1.165) is 32.5 Å². The Hall–Kier alpha value is -1.92. The van der Waals surface area contributed by atoms with E-state index in [4.69, 9.17) is 0 Å². The summed E-state index contributed by atoms with van der Waals surface area (Å²) >= 11 is 0. The van der Waals surface area contributed by atoms with Gasteiger partial charge < -0.3 is 15.1 Å². The van der Waals surface area contributed by atoms with Crippen molar-refractivity contribution in [3.63, 3.8) is 0 Å². The molecule has 6 nitrogen and oxygen atoms in total. The van der Waals surface area contributed by atoms with Crippen LogP contribution in [0.4, 0.5) is 0 Å². The fourth-order valence-corrected chi connectivity index (χ4v) is 4.60. The van der Waals surface area contributed by atoms with E-state index >= 15 is 0 Å². The van der Waals surface area contributed by atoms with Gasteiger partial charge in [-0.05, 0) is 50.7 Å². The molecule has 0 bridgehead atoms. The lowest BCUT2D eigenvalue weighted by atomic mass is 9.77. The Bertz CT molecular complexity index is 715. The Labute approximate surface area is 167 Å². The normalized spacial score (nSPS) is 22.8. The van der Waals surface area contributed by atoms with Gasteiger partial charge in [0.25, 0.3) is 0 Å². The van der Waals surface area contributed by atoms with E-state index in [1.54, 1.807) is 11.9 Å². The zero-order chi connectivity index (χ0) is 20.5. The van der Waals surface area contributed by atoms with Crippen molar-refractivity contribution in [2.75, 3.05) is 20.1 Å². The van der Waals surface area contributed by atoms with Crippen LogP contribution in [-0.4, -0.2) is 63.2 Å². The number of hydrogen-bond acceptors (Lipinski definition) is 4. The summed E-state index contributed by atoms with van der Waals surface area (Å²) in [6.45, 7) is 6.07. The van der Waals surface area contributed by atoms with Crippen molar-refractivity contribution in [1.82, 2.24) is 9.80 Å². The second-order valence-corrected chi connectivity index (χ2v) is 9.06. The van der Waals surface area contributed by atoms with Crippen molar-refractivity contribution in [2.24, 2.45) is 5.92 Å². The number of piperidine rings is 1. The summed E-state index contributed by atoms with van der Waals surface area (Å²) < 4.78 is 0. The van der Waals surface area contributed by atoms with Crippen LogP contribution in [-0.2, 0) is 22.6 Å². The molecule has 2 saturated heterocycles. The number of rotatable bonds is 6. The lowest BCUT2D eigenvalue weighted by Crippen LogP contribution is -2.55. The molecule has 1 atom stereocenters. The maximum absolute atomic E-state index is 12.1. The molecule has 0 aromatic heterocycles. The predicted molar refractivity (Wildman–Crippen MR) is 107 cm³/mol. The van der Waals surface area contributed by atoms with Gasteiger partial charge in [-0.2, -0.15) is 0 Å². The Morgan fingerprint density at radius 1 is 1.18 bits per heavy atom. The summed E-state index contributed by atoms with van der Waals surface area (Å²) in [5.74, 6) is -1.50. The SMILES string of the molecule is CN1C(=O)CC(C(=O)O)C12CCN(Cc1ccc(CCC(C)(C)O)cc1)CC2. The molecular weight excluding hydrogens is 356 g/mol. The topological polar surface area (TPSA) is 81.1 Å². The average Bonchev–Trinajstić information content (AvgIpc) is 2.88. The second kappa shape index (κ2) is 7.84. The molecule has 1 aromatic carbocycles. The van der Waals surface area contributed by atoms with E-state index in [0.29, 0.717) is 12.8 Å². The second-order valence-electron chi connectivity index (χ2n) is 9.06. The molecule has 1 aromatic rings.